The number of rotatable bonds is 1. The van der Waals surface area contributed by atoms with Gasteiger partial charge in [0.2, 0.25) is 0 Å². The molecule has 0 unspecified atom stereocenters. The van der Waals surface area contributed by atoms with E-state index in [0.29, 0.717) is 19.7 Å². The summed E-state index contributed by atoms with van der Waals surface area (Å²) in [5, 5.41) is 0.829. The molecule has 0 aromatic carbocycles. The highest BCUT2D eigenvalue weighted by Gasteiger charge is 2.16. The van der Waals surface area contributed by atoms with Gasteiger partial charge in [0.05, 0.1) is 6.61 Å². The van der Waals surface area contributed by atoms with Gasteiger partial charge in [0.15, 0.2) is 0 Å². The third kappa shape index (κ3) is 2.41. The number of carbonyl (C=O) groups is 1. The normalized spacial score (nSPS) is 17.2. The third-order valence-electron chi connectivity index (χ3n) is 1.68. The van der Waals surface area contributed by atoms with Crippen LogP contribution in [0.3, 0.4) is 0 Å². The van der Waals surface area contributed by atoms with Crippen LogP contribution >= 0.6 is 11.6 Å². The van der Waals surface area contributed by atoms with E-state index in [0.717, 1.165) is 11.5 Å². The Morgan fingerprint density at radius 3 is 3.08 bits per heavy atom. The maximum absolute atomic E-state index is 11.1. The molecule has 0 N–H and O–H groups in total. The Bertz CT molecular complexity index is 203. The first kappa shape index (κ1) is 9.39. The van der Waals surface area contributed by atoms with Crippen LogP contribution in [0.15, 0.2) is 11.1 Å². The van der Waals surface area contributed by atoms with Gasteiger partial charge in [0.1, 0.15) is 0 Å². The minimum atomic E-state index is -0.252. The average molecular weight is 190 g/mol. The average Bonchev–Trinajstić information content (AvgIpc) is 2.06. The van der Waals surface area contributed by atoms with E-state index in [4.69, 9.17) is 16.3 Å². The van der Waals surface area contributed by atoms with Crippen molar-refractivity contribution in [1.29, 1.82) is 0 Å². The fraction of sp³-hybridized carbons (Fsp3) is 0.625. The van der Waals surface area contributed by atoms with Crippen LogP contribution in [0.5, 0.6) is 0 Å². The highest BCUT2D eigenvalue weighted by atomic mass is 35.5. The van der Waals surface area contributed by atoms with Crippen molar-refractivity contribution >= 4 is 17.7 Å². The van der Waals surface area contributed by atoms with Crippen LogP contribution in [-0.4, -0.2) is 30.7 Å². The van der Waals surface area contributed by atoms with Gasteiger partial charge in [-0.3, -0.25) is 0 Å². The minimum Gasteiger partial charge on any atom is -0.450 e. The van der Waals surface area contributed by atoms with E-state index >= 15 is 0 Å². The molecule has 1 aliphatic rings. The number of nitrogens with zero attached hydrogens (tertiary/aromatic N) is 1. The van der Waals surface area contributed by atoms with E-state index in [-0.39, 0.29) is 6.09 Å². The molecule has 1 rings (SSSR count). The number of hydrogen-bond donors (Lipinski definition) is 0. The highest BCUT2D eigenvalue weighted by Crippen LogP contribution is 2.14. The Morgan fingerprint density at radius 2 is 2.58 bits per heavy atom. The fourth-order valence-electron chi connectivity index (χ4n) is 1.02. The second-order valence-electron chi connectivity index (χ2n) is 2.55. The number of carbonyl (C=O) groups excluding carboxylic acids is 1. The SMILES string of the molecule is CCOC(=O)N1CC=C(Cl)CC1. The van der Waals surface area contributed by atoms with E-state index in [1.165, 1.54) is 0 Å². The summed E-state index contributed by atoms with van der Waals surface area (Å²) in [4.78, 5) is 12.8. The van der Waals surface area contributed by atoms with Gasteiger partial charge in [-0.2, -0.15) is 0 Å². The monoisotopic (exact) mass is 189 g/mol. The van der Waals surface area contributed by atoms with E-state index in [2.05, 4.69) is 0 Å². The van der Waals surface area contributed by atoms with Crippen LogP contribution in [0.25, 0.3) is 0 Å². The van der Waals surface area contributed by atoms with Crippen molar-refractivity contribution in [2.75, 3.05) is 19.7 Å². The van der Waals surface area contributed by atoms with E-state index < -0.39 is 0 Å². The van der Waals surface area contributed by atoms with Gasteiger partial charge in [-0.25, -0.2) is 4.79 Å². The topological polar surface area (TPSA) is 29.5 Å². The van der Waals surface area contributed by atoms with Crippen molar-refractivity contribution < 1.29 is 9.53 Å². The molecule has 0 fully saturated rings. The Labute approximate surface area is 76.9 Å². The summed E-state index contributed by atoms with van der Waals surface area (Å²) in [6.45, 7) is 3.45. The van der Waals surface area contributed by atoms with Crippen LogP contribution in [0.4, 0.5) is 4.79 Å². The van der Waals surface area contributed by atoms with E-state index in [1.54, 1.807) is 11.8 Å². The zero-order chi connectivity index (χ0) is 8.97. The van der Waals surface area contributed by atoms with Crippen molar-refractivity contribution in [3.63, 3.8) is 0 Å². The molecule has 3 nitrogen and oxygen atoms in total. The largest absolute Gasteiger partial charge is 0.450 e. The van der Waals surface area contributed by atoms with Crippen LogP contribution in [0, 0.1) is 0 Å². The van der Waals surface area contributed by atoms with Gasteiger partial charge in [-0.15, -0.1) is 0 Å². The van der Waals surface area contributed by atoms with Crippen LogP contribution in [0.1, 0.15) is 13.3 Å². The first-order valence-electron chi connectivity index (χ1n) is 4.00. The second-order valence-corrected chi connectivity index (χ2v) is 3.03. The molecule has 0 aromatic rings. The Hall–Kier alpha value is -0.700. The summed E-state index contributed by atoms with van der Waals surface area (Å²) in [7, 11) is 0. The molecular weight excluding hydrogens is 178 g/mol. The maximum Gasteiger partial charge on any atom is 0.410 e. The number of halogens is 1. The van der Waals surface area contributed by atoms with Crippen molar-refractivity contribution in [2.24, 2.45) is 0 Å². The lowest BCUT2D eigenvalue weighted by molar-refractivity contribution is 0.110. The van der Waals surface area contributed by atoms with Crippen LogP contribution < -0.4 is 0 Å². The molecular formula is C8H12ClNO2. The lowest BCUT2D eigenvalue weighted by Gasteiger charge is -2.23. The number of ether oxygens (including phenoxy) is 1. The van der Waals surface area contributed by atoms with Crippen molar-refractivity contribution in [3.8, 4) is 0 Å². The molecule has 68 valence electrons. The summed E-state index contributed by atoms with van der Waals surface area (Å²) in [6.07, 6.45) is 2.32. The molecule has 1 amide bonds. The lowest BCUT2D eigenvalue weighted by atomic mass is 10.2. The predicted molar refractivity (Wildman–Crippen MR) is 47.1 cm³/mol. The standard InChI is InChI=1S/C8H12ClNO2/c1-2-12-8(11)10-5-3-7(9)4-6-10/h3H,2,4-6H2,1H3. The molecule has 12 heavy (non-hydrogen) atoms. The van der Waals surface area contributed by atoms with Gasteiger partial charge in [0, 0.05) is 24.5 Å². The van der Waals surface area contributed by atoms with E-state index in [1.807, 2.05) is 6.08 Å². The molecule has 0 aromatic heterocycles. The van der Waals surface area contributed by atoms with Gasteiger partial charge < -0.3 is 9.64 Å². The summed E-state index contributed by atoms with van der Waals surface area (Å²) >= 11 is 5.75. The molecule has 0 saturated heterocycles. The second kappa shape index (κ2) is 4.36. The molecule has 0 aliphatic carbocycles. The smallest absolute Gasteiger partial charge is 0.410 e. The quantitative estimate of drug-likeness (QED) is 0.631. The third-order valence-corrected chi connectivity index (χ3v) is 2.02. The molecule has 0 atom stereocenters. The van der Waals surface area contributed by atoms with Gasteiger partial charge in [0.25, 0.3) is 0 Å². The van der Waals surface area contributed by atoms with Gasteiger partial charge in [-0.1, -0.05) is 17.7 Å². The van der Waals surface area contributed by atoms with Gasteiger partial charge in [-0.05, 0) is 6.92 Å². The molecule has 1 heterocycles. The number of hydrogen-bond acceptors (Lipinski definition) is 2. The van der Waals surface area contributed by atoms with Crippen molar-refractivity contribution in [1.82, 2.24) is 4.90 Å². The van der Waals surface area contributed by atoms with Crippen molar-refractivity contribution in [2.45, 2.75) is 13.3 Å². The highest BCUT2D eigenvalue weighted by molar-refractivity contribution is 6.29. The maximum atomic E-state index is 11.1. The molecule has 0 radical (unpaired) electrons. The first-order valence-corrected chi connectivity index (χ1v) is 4.38. The molecule has 1 aliphatic heterocycles. The van der Waals surface area contributed by atoms with Crippen molar-refractivity contribution in [3.05, 3.63) is 11.1 Å². The first-order chi connectivity index (χ1) is 5.74. The minimum absolute atomic E-state index is 0.252. The zero-order valence-electron chi connectivity index (χ0n) is 7.05. The zero-order valence-corrected chi connectivity index (χ0v) is 7.80. The number of amides is 1. The van der Waals surface area contributed by atoms with Crippen LogP contribution in [-0.2, 0) is 4.74 Å². The summed E-state index contributed by atoms with van der Waals surface area (Å²) < 4.78 is 4.83. The Balaban J connectivity index is 2.40. The predicted octanol–water partition coefficient (Wildman–Crippen LogP) is 1.97. The Morgan fingerprint density at radius 1 is 1.83 bits per heavy atom. The Kier molecular flexibility index (Phi) is 3.41. The summed E-state index contributed by atoms with van der Waals surface area (Å²) in [5.41, 5.74) is 0. The van der Waals surface area contributed by atoms with E-state index in [9.17, 15) is 4.79 Å². The summed E-state index contributed by atoms with van der Waals surface area (Å²) in [5.74, 6) is 0. The molecule has 0 spiro atoms. The molecule has 4 heteroatoms. The van der Waals surface area contributed by atoms with Crippen LogP contribution in [0.2, 0.25) is 0 Å². The molecule has 0 saturated carbocycles. The summed E-state index contributed by atoms with van der Waals surface area (Å²) in [6, 6.07) is 0. The fourth-order valence-corrected chi connectivity index (χ4v) is 1.18. The van der Waals surface area contributed by atoms with Gasteiger partial charge >= 0.3 is 6.09 Å². The lowest BCUT2D eigenvalue weighted by Crippen LogP contribution is -2.34. The molecule has 0 bridgehead atoms.